The number of carbonyl (C=O) groups is 1. The normalized spacial score (nSPS) is 16.8. The Bertz CT molecular complexity index is 893. The lowest BCUT2D eigenvalue weighted by Crippen LogP contribution is -2.39. The van der Waals surface area contributed by atoms with Gasteiger partial charge in [0.05, 0.1) is 16.1 Å². The number of aryl methyl sites for hydroxylation is 2. The van der Waals surface area contributed by atoms with E-state index in [4.69, 9.17) is 23.2 Å². The fraction of sp³-hybridized carbons (Fsp3) is 0.571. The lowest BCUT2D eigenvalue weighted by Gasteiger charge is -2.36. The van der Waals surface area contributed by atoms with Crippen LogP contribution in [0.1, 0.15) is 68.7 Å². The first-order valence-corrected chi connectivity index (χ1v) is 10.8. The van der Waals surface area contributed by atoms with Crippen molar-refractivity contribution in [1.29, 1.82) is 0 Å². The van der Waals surface area contributed by atoms with E-state index >= 15 is 0 Å². The summed E-state index contributed by atoms with van der Waals surface area (Å²) in [5.41, 5.74) is 0.0340. The molecule has 8 heteroatoms. The Morgan fingerprint density at radius 2 is 2.00 bits per heavy atom. The van der Waals surface area contributed by atoms with E-state index in [9.17, 15) is 9.18 Å². The van der Waals surface area contributed by atoms with Gasteiger partial charge in [-0.15, -0.1) is 10.2 Å². The molecule has 1 aromatic heterocycles. The zero-order valence-corrected chi connectivity index (χ0v) is 18.6. The highest BCUT2D eigenvalue weighted by Gasteiger charge is 2.41. The zero-order valence-electron chi connectivity index (χ0n) is 17.1. The summed E-state index contributed by atoms with van der Waals surface area (Å²) in [5.74, 6) is 1.12. The predicted molar refractivity (Wildman–Crippen MR) is 113 cm³/mol. The third kappa shape index (κ3) is 4.75. The van der Waals surface area contributed by atoms with E-state index in [1.165, 1.54) is 12.1 Å². The van der Waals surface area contributed by atoms with Crippen molar-refractivity contribution in [3.63, 3.8) is 0 Å². The second kappa shape index (κ2) is 9.00. The number of amides is 1. The van der Waals surface area contributed by atoms with Crippen molar-refractivity contribution < 1.29 is 9.18 Å². The number of aromatic nitrogens is 3. The van der Waals surface area contributed by atoms with Gasteiger partial charge in [0.1, 0.15) is 17.5 Å². The van der Waals surface area contributed by atoms with Crippen LogP contribution < -0.4 is 5.32 Å². The summed E-state index contributed by atoms with van der Waals surface area (Å²) in [6.07, 6.45) is 5.50. The van der Waals surface area contributed by atoms with E-state index in [1.54, 1.807) is 0 Å². The van der Waals surface area contributed by atoms with Crippen LogP contribution in [0.3, 0.4) is 0 Å². The van der Waals surface area contributed by atoms with Crippen molar-refractivity contribution in [3.8, 4) is 0 Å². The van der Waals surface area contributed by atoms with Crippen LogP contribution in [-0.2, 0) is 18.3 Å². The average Bonchev–Trinajstić information content (AvgIpc) is 3.26. The van der Waals surface area contributed by atoms with Crippen LogP contribution in [0.5, 0.6) is 0 Å². The number of hydrogen-bond donors (Lipinski definition) is 1. The standard InChI is InChI=1S/C21H27Cl2FN4O/c1-13-26-27-16(28(13)3)7-6-8-17(29)25-20(21(2)11-4-5-12-21)18-15(24)10-9-14(22)19(18)23/h9-10,20H,4-8,11-12H2,1-3H3,(H,25,29)/t20-/m1/s1. The van der Waals surface area contributed by atoms with Crippen molar-refractivity contribution in [2.75, 3.05) is 0 Å². The van der Waals surface area contributed by atoms with Crippen LogP contribution in [0.4, 0.5) is 4.39 Å². The van der Waals surface area contributed by atoms with Crippen LogP contribution in [0.15, 0.2) is 12.1 Å². The molecule has 0 spiro atoms. The first-order chi connectivity index (χ1) is 13.7. The van der Waals surface area contributed by atoms with E-state index in [1.807, 2.05) is 18.5 Å². The summed E-state index contributed by atoms with van der Waals surface area (Å²) < 4.78 is 16.7. The Morgan fingerprint density at radius 3 is 2.62 bits per heavy atom. The smallest absolute Gasteiger partial charge is 0.220 e. The molecule has 1 fully saturated rings. The highest BCUT2D eigenvalue weighted by Crippen LogP contribution is 2.50. The van der Waals surface area contributed by atoms with Crippen molar-refractivity contribution in [2.24, 2.45) is 12.5 Å². The first-order valence-electron chi connectivity index (χ1n) is 10.0. The Balaban J connectivity index is 1.75. The van der Waals surface area contributed by atoms with E-state index in [2.05, 4.69) is 22.4 Å². The minimum Gasteiger partial charge on any atom is -0.349 e. The number of rotatable bonds is 7. The van der Waals surface area contributed by atoms with E-state index in [0.29, 0.717) is 29.8 Å². The van der Waals surface area contributed by atoms with Crippen LogP contribution in [0.25, 0.3) is 0 Å². The van der Waals surface area contributed by atoms with Gasteiger partial charge in [0.15, 0.2) is 0 Å². The quantitative estimate of drug-likeness (QED) is 0.591. The van der Waals surface area contributed by atoms with Crippen LogP contribution in [-0.4, -0.2) is 20.7 Å². The monoisotopic (exact) mass is 440 g/mol. The number of hydrogen-bond acceptors (Lipinski definition) is 3. The Hall–Kier alpha value is -1.66. The molecule has 0 saturated heterocycles. The molecule has 0 aliphatic heterocycles. The SMILES string of the molecule is Cc1nnc(CCCC(=O)N[C@H](c2c(F)ccc(Cl)c2Cl)C2(C)CCCC2)n1C. The van der Waals surface area contributed by atoms with Gasteiger partial charge in [-0.3, -0.25) is 4.79 Å². The number of nitrogens with one attached hydrogen (secondary N) is 1. The minimum atomic E-state index is -0.513. The molecule has 1 aliphatic carbocycles. The van der Waals surface area contributed by atoms with Gasteiger partial charge < -0.3 is 9.88 Å². The average molecular weight is 441 g/mol. The molecule has 158 valence electrons. The van der Waals surface area contributed by atoms with Gasteiger partial charge in [0, 0.05) is 25.5 Å². The maximum Gasteiger partial charge on any atom is 0.220 e. The third-order valence-electron chi connectivity index (χ3n) is 6.10. The molecule has 0 unspecified atom stereocenters. The number of nitrogens with zero attached hydrogens (tertiary/aromatic N) is 3. The molecule has 0 radical (unpaired) electrons. The van der Waals surface area contributed by atoms with Crippen molar-refractivity contribution in [1.82, 2.24) is 20.1 Å². The highest BCUT2D eigenvalue weighted by molar-refractivity contribution is 6.42. The number of carbonyl (C=O) groups excluding carboxylic acids is 1. The second-order valence-electron chi connectivity index (χ2n) is 8.19. The number of halogens is 3. The predicted octanol–water partition coefficient (Wildman–Crippen LogP) is 5.33. The van der Waals surface area contributed by atoms with Crippen LogP contribution in [0.2, 0.25) is 10.0 Å². The molecule has 0 bridgehead atoms. The molecule has 1 aliphatic rings. The van der Waals surface area contributed by atoms with Gasteiger partial charge >= 0.3 is 0 Å². The van der Waals surface area contributed by atoms with Gasteiger partial charge in [0.2, 0.25) is 5.91 Å². The fourth-order valence-electron chi connectivity index (χ4n) is 4.18. The molecule has 1 heterocycles. The van der Waals surface area contributed by atoms with Crippen LogP contribution >= 0.6 is 23.2 Å². The largest absolute Gasteiger partial charge is 0.349 e. The minimum absolute atomic E-state index is 0.127. The molecule has 2 aromatic rings. The summed E-state index contributed by atoms with van der Waals surface area (Å²) in [4.78, 5) is 12.8. The topological polar surface area (TPSA) is 59.8 Å². The van der Waals surface area contributed by atoms with Crippen molar-refractivity contribution in [2.45, 2.75) is 64.8 Å². The highest BCUT2D eigenvalue weighted by atomic mass is 35.5. The molecule has 1 amide bonds. The van der Waals surface area contributed by atoms with Crippen molar-refractivity contribution in [3.05, 3.63) is 45.2 Å². The van der Waals surface area contributed by atoms with Gasteiger partial charge in [0.25, 0.3) is 0 Å². The third-order valence-corrected chi connectivity index (χ3v) is 6.92. The van der Waals surface area contributed by atoms with Gasteiger partial charge in [-0.2, -0.15) is 0 Å². The molecule has 29 heavy (non-hydrogen) atoms. The summed E-state index contributed by atoms with van der Waals surface area (Å²) in [6, 6.07) is 2.25. The van der Waals surface area contributed by atoms with E-state index in [0.717, 1.165) is 37.3 Å². The van der Waals surface area contributed by atoms with E-state index < -0.39 is 11.9 Å². The Kier molecular flexibility index (Phi) is 6.84. The van der Waals surface area contributed by atoms with Crippen molar-refractivity contribution >= 4 is 29.1 Å². The zero-order chi connectivity index (χ0) is 21.2. The maximum atomic E-state index is 14.8. The maximum absolute atomic E-state index is 14.8. The van der Waals surface area contributed by atoms with Gasteiger partial charge in [-0.25, -0.2) is 4.39 Å². The number of benzene rings is 1. The van der Waals surface area contributed by atoms with E-state index in [-0.39, 0.29) is 16.3 Å². The summed E-state index contributed by atoms with van der Waals surface area (Å²) in [6.45, 7) is 3.98. The molecular weight excluding hydrogens is 414 g/mol. The van der Waals surface area contributed by atoms with Crippen LogP contribution in [0, 0.1) is 18.2 Å². The molecule has 1 atom stereocenters. The first kappa shape index (κ1) is 22.0. The fourth-order valence-corrected chi connectivity index (χ4v) is 4.61. The second-order valence-corrected chi connectivity index (χ2v) is 8.98. The summed E-state index contributed by atoms with van der Waals surface area (Å²) in [5, 5.41) is 11.7. The molecule has 1 saturated carbocycles. The van der Waals surface area contributed by atoms with Gasteiger partial charge in [-0.1, -0.05) is 43.0 Å². The molecule has 3 rings (SSSR count). The Morgan fingerprint density at radius 1 is 1.31 bits per heavy atom. The summed E-state index contributed by atoms with van der Waals surface area (Å²) in [7, 11) is 1.91. The molecule has 5 nitrogen and oxygen atoms in total. The lowest BCUT2D eigenvalue weighted by atomic mass is 9.77. The Labute approximate surface area is 181 Å². The molecule has 1 aromatic carbocycles. The van der Waals surface area contributed by atoms with Gasteiger partial charge in [-0.05, 0) is 43.7 Å². The summed E-state index contributed by atoms with van der Waals surface area (Å²) >= 11 is 12.5. The molecular formula is C21H27Cl2FN4O. The molecule has 1 N–H and O–H groups in total. The lowest BCUT2D eigenvalue weighted by molar-refractivity contribution is -0.122.